The monoisotopic (exact) mass is 637 g/mol. The minimum atomic E-state index is 0.638. The highest BCUT2D eigenvalue weighted by atomic mass is 15.0. The van der Waals surface area contributed by atoms with E-state index in [9.17, 15) is 0 Å². The molecule has 234 valence electrons. The number of fused-ring (bicyclic) bond motifs is 2. The van der Waals surface area contributed by atoms with Gasteiger partial charge in [-0.3, -0.25) is 0 Å². The summed E-state index contributed by atoms with van der Waals surface area (Å²) < 4.78 is 0. The van der Waals surface area contributed by atoms with Gasteiger partial charge in [-0.15, -0.1) is 0 Å². The van der Waals surface area contributed by atoms with Gasteiger partial charge < -0.3 is 0 Å². The Balaban J connectivity index is 1.12. The van der Waals surface area contributed by atoms with Crippen molar-refractivity contribution in [1.82, 2.24) is 15.0 Å². The molecule has 0 aliphatic rings. The van der Waals surface area contributed by atoms with E-state index in [-0.39, 0.29) is 0 Å². The summed E-state index contributed by atoms with van der Waals surface area (Å²) in [5.74, 6) is 1.93. The predicted molar refractivity (Wildman–Crippen MR) is 207 cm³/mol. The summed E-state index contributed by atoms with van der Waals surface area (Å²) in [7, 11) is 0. The summed E-state index contributed by atoms with van der Waals surface area (Å²) >= 11 is 0. The summed E-state index contributed by atoms with van der Waals surface area (Å²) in [6.45, 7) is 0. The lowest BCUT2D eigenvalue weighted by molar-refractivity contribution is 1.07. The molecule has 8 aromatic carbocycles. The largest absolute Gasteiger partial charge is 0.208 e. The fourth-order valence-corrected chi connectivity index (χ4v) is 6.80. The Hall–Kier alpha value is -6.71. The van der Waals surface area contributed by atoms with Gasteiger partial charge in [0, 0.05) is 16.7 Å². The van der Waals surface area contributed by atoms with E-state index in [0.717, 1.165) is 38.9 Å². The standard InChI is InChI=1S/C47H31N3/c1-3-13-32(14-4-1)42-22-9-10-23-44(42)47-49-45(34-16-5-2-6-17-34)48-46(50-47)40-20-11-19-35(31-40)36-25-26-38-30-39(28-27-37(38)29-36)43-24-12-18-33-15-7-8-21-41(33)43/h1-31H. The van der Waals surface area contributed by atoms with Crippen molar-refractivity contribution < 1.29 is 0 Å². The maximum atomic E-state index is 5.11. The number of hydrogen-bond donors (Lipinski definition) is 0. The van der Waals surface area contributed by atoms with Gasteiger partial charge in [-0.25, -0.2) is 15.0 Å². The molecule has 9 rings (SSSR count). The van der Waals surface area contributed by atoms with Crippen molar-refractivity contribution in [2.24, 2.45) is 0 Å². The van der Waals surface area contributed by atoms with Gasteiger partial charge in [0.1, 0.15) is 0 Å². The molecular weight excluding hydrogens is 607 g/mol. The van der Waals surface area contributed by atoms with Crippen molar-refractivity contribution in [3.8, 4) is 67.5 Å². The Morgan fingerprint density at radius 3 is 1.54 bits per heavy atom. The molecule has 1 heterocycles. The number of benzene rings is 8. The Bertz CT molecular complexity index is 2640. The summed E-state index contributed by atoms with van der Waals surface area (Å²) in [4.78, 5) is 15.2. The number of rotatable bonds is 6. The first-order valence-corrected chi connectivity index (χ1v) is 16.9. The van der Waals surface area contributed by atoms with Crippen LogP contribution < -0.4 is 0 Å². The summed E-state index contributed by atoms with van der Waals surface area (Å²) in [6.07, 6.45) is 0. The highest BCUT2D eigenvalue weighted by molar-refractivity contribution is 5.99. The first-order valence-electron chi connectivity index (χ1n) is 16.9. The van der Waals surface area contributed by atoms with Gasteiger partial charge in [0.25, 0.3) is 0 Å². The molecule has 3 heteroatoms. The van der Waals surface area contributed by atoms with Crippen LogP contribution >= 0.6 is 0 Å². The molecule has 0 aliphatic carbocycles. The second kappa shape index (κ2) is 12.7. The minimum Gasteiger partial charge on any atom is -0.208 e. The van der Waals surface area contributed by atoms with Crippen LogP contribution in [0.25, 0.3) is 89.1 Å². The third-order valence-electron chi connectivity index (χ3n) is 9.32. The van der Waals surface area contributed by atoms with E-state index < -0.39 is 0 Å². The van der Waals surface area contributed by atoms with Crippen LogP contribution in [0.15, 0.2) is 188 Å². The van der Waals surface area contributed by atoms with Crippen LogP contribution in [0.1, 0.15) is 0 Å². The van der Waals surface area contributed by atoms with Gasteiger partial charge in [-0.2, -0.15) is 0 Å². The van der Waals surface area contributed by atoms with Crippen LogP contribution in [-0.2, 0) is 0 Å². The predicted octanol–water partition coefficient (Wildman–Crippen LogP) is 12.2. The summed E-state index contributed by atoms with van der Waals surface area (Å²) in [6, 6.07) is 65.9. The fraction of sp³-hybridized carbons (Fsp3) is 0. The van der Waals surface area contributed by atoms with E-state index in [1.165, 1.54) is 32.7 Å². The van der Waals surface area contributed by atoms with Crippen molar-refractivity contribution in [1.29, 1.82) is 0 Å². The number of hydrogen-bond acceptors (Lipinski definition) is 3. The van der Waals surface area contributed by atoms with Crippen LogP contribution in [0.5, 0.6) is 0 Å². The molecule has 1 aromatic heterocycles. The molecule has 0 N–H and O–H groups in total. The average Bonchev–Trinajstić information content (AvgIpc) is 3.21. The second-order valence-corrected chi connectivity index (χ2v) is 12.5. The van der Waals surface area contributed by atoms with Crippen molar-refractivity contribution in [3.63, 3.8) is 0 Å². The SMILES string of the molecule is c1ccc(-c2nc(-c3cccc(-c4ccc5cc(-c6cccc7ccccc67)ccc5c4)c3)nc(-c3ccccc3-c3ccccc3)n2)cc1. The molecule has 0 saturated carbocycles. The average molecular weight is 638 g/mol. The zero-order valence-electron chi connectivity index (χ0n) is 27.2. The molecule has 0 radical (unpaired) electrons. The van der Waals surface area contributed by atoms with E-state index >= 15 is 0 Å². The number of nitrogens with zero attached hydrogens (tertiary/aromatic N) is 3. The topological polar surface area (TPSA) is 38.7 Å². The maximum absolute atomic E-state index is 5.11. The Morgan fingerprint density at radius 2 is 0.740 bits per heavy atom. The number of aromatic nitrogens is 3. The van der Waals surface area contributed by atoms with Crippen LogP contribution in [-0.4, -0.2) is 15.0 Å². The lowest BCUT2D eigenvalue weighted by Crippen LogP contribution is -2.01. The van der Waals surface area contributed by atoms with Crippen LogP contribution in [0.4, 0.5) is 0 Å². The summed E-state index contributed by atoms with van der Waals surface area (Å²) in [5.41, 5.74) is 9.77. The molecule has 0 atom stereocenters. The van der Waals surface area contributed by atoms with Crippen molar-refractivity contribution in [3.05, 3.63) is 188 Å². The van der Waals surface area contributed by atoms with Gasteiger partial charge >= 0.3 is 0 Å². The molecule has 0 amide bonds. The molecule has 9 aromatic rings. The highest BCUT2D eigenvalue weighted by Gasteiger charge is 2.16. The maximum Gasteiger partial charge on any atom is 0.164 e. The molecule has 0 saturated heterocycles. The molecule has 0 fully saturated rings. The zero-order valence-corrected chi connectivity index (χ0v) is 27.2. The first kappa shape index (κ1) is 29.4. The Morgan fingerprint density at radius 1 is 0.240 bits per heavy atom. The van der Waals surface area contributed by atoms with E-state index in [4.69, 9.17) is 15.0 Å². The molecule has 0 bridgehead atoms. The first-order chi connectivity index (χ1) is 24.8. The van der Waals surface area contributed by atoms with Gasteiger partial charge in [-0.1, -0.05) is 170 Å². The van der Waals surface area contributed by atoms with Crippen LogP contribution in [0.2, 0.25) is 0 Å². The smallest absolute Gasteiger partial charge is 0.164 e. The van der Waals surface area contributed by atoms with Crippen molar-refractivity contribution in [2.45, 2.75) is 0 Å². The van der Waals surface area contributed by atoms with Crippen LogP contribution in [0.3, 0.4) is 0 Å². The lowest BCUT2D eigenvalue weighted by Gasteiger charge is -2.13. The van der Waals surface area contributed by atoms with Gasteiger partial charge in [0.15, 0.2) is 17.5 Å². The Labute approximate surface area is 291 Å². The van der Waals surface area contributed by atoms with Crippen molar-refractivity contribution >= 4 is 21.5 Å². The molecule has 0 spiro atoms. The molecule has 3 nitrogen and oxygen atoms in total. The van der Waals surface area contributed by atoms with Crippen molar-refractivity contribution in [2.75, 3.05) is 0 Å². The second-order valence-electron chi connectivity index (χ2n) is 12.5. The highest BCUT2D eigenvalue weighted by Crippen LogP contribution is 2.35. The molecule has 0 aliphatic heterocycles. The summed E-state index contributed by atoms with van der Waals surface area (Å²) in [5, 5.41) is 4.93. The quantitative estimate of drug-likeness (QED) is 0.182. The van der Waals surface area contributed by atoms with Gasteiger partial charge in [-0.05, 0) is 73.1 Å². The molecular formula is C47H31N3. The zero-order chi connectivity index (χ0) is 33.3. The fourth-order valence-electron chi connectivity index (χ4n) is 6.80. The van der Waals surface area contributed by atoms with E-state index in [0.29, 0.717) is 17.5 Å². The third-order valence-corrected chi connectivity index (χ3v) is 9.32. The third kappa shape index (κ3) is 5.61. The molecule has 0 unspecified atom stereocenters. The minimum absolute atomic E-state index is 0.638. The normalized spacial score (nSPS) is 11.2. The van der Waals surface area contributed by atoms with E-state index in [1.54, 1.807) is 0 Å². The van der Waals surface area contributed by atoms with E-state index in [2.05, 4.69) is 146 Å². The molecule has 50 heavy (non-hydrogen) atoms. The van der Waals surface area contributed by atoms with E-state index in [1.807, 2.05) is 42.5 Å². The van der Waals surface area contributed by atoms with Crippen LogP contribution in [0, 0.1) is 0 Å². The lowest BCUT2D eigenvalue weighted by atomic mass is 9.94. The Kier molecular flexibility index (Phi) is 7.49. The van der Waals surface area contributed by atoms with Gasteiger partial charge in [0.2, 0.25) is 0 Å². The van der Waals surface area contributed by atoms with Gasteiger partial charge in [0.05, 0.1) is 0 Å².